The van der Waals surface area contributed by atoms with Gasteiger partial charge in [-0.25, -0.2) is 0 Å². The molecule has 2 aromatic rings. The first-order valence-corrected chi connectivity index (χ1v) is 8.37. The Morgan fingerprint density at radius 3 is 2.33 bits per heavy atom. The molecular formula is C21H22N2O4. The lowest BCUT2D eigenvalue weighted by molar-refractivity contribution is -0.117. The number of rotatable bonds is 8. The zero-order valence-corrected chi connectivity index (χ0v) is 15.6. The van der Waals surface area contributed by atoms with Gasteiger partial charge in [0.2, 0.25) is 5.75 Å². The van der Waals surface area contributed by atoms with Crippen molar-refractivity contribution in [1.29, 1.82) is 5.26 Å². The van der Waals surface area contributed by atoms with Gasteiger partial charge in [0, 0.05) is 12.1 Å². The molecule has 0 saturated carbocycles. The van der Waals surface area contributed by atoms with Crippen LogP contribution in [-0.2, 0) is 11.2 Å². The topological polar surface area (TPSA) is 80.6 Å². The fraction of sp³-hybridized carbons (Fsp3) is 0.238. The zero-order chi connectivity index (χ0) is 19.6. The van der Waals surface area contributed by atoms with Gasteiger partial charge < -0.3 is 19.5 Å². The number of methoxy groups -OCH3 is 3. The van der Waals surface area contributed by atoms with Crippen LogP contribution in [-0.4, -0.2) is 33.8 Å². The van der Waals surface area contributed by atoms with Crippen molar-refractivity contribution in [2.24, 2.45) is 0 Å². The second-order valence-corrected chi connectivity index (χ2v) is 5.58. The molecule has 2 aromatic carbocycles. The van der Waals surface area contributed by atoms with E-state index in [0.717, 1.165) is 5.56 Å². The average molecular weight is 366 g/mol. The summed E-state index contributed by atoms with van der Waals surface area (Å²) in [6.07, 6.45) is 2.16. The molecule has 0 unspecified atom stereocenters. The van der Waals surface area contributed by atoms with Crippen molar-refractivity contribution in [2.75, 3.05) is 27.9 Å². The molecule has 140 valence electrons. The smallest absolute Gasteiger partial charge is 0.261 e. The predicted molar refractivity (Wildman–Crippen MR) is 103 cm³/mol. The van der Waals surface area contributed by atoms with E-state index in [1.807, 2.05) is 36.4 Å². The summed E-state index contributed by atoms with van der Waals surface area (Å²) in [6, 6.07) is 15.1. The number of hydrogen-bond acceptors (Lipinski definition) is 5. The van der Waals surface area contributed by atoms with Gasteiger partial charge in [-0.15, -0.1) is 0 Å². The lowest BCUT2D eigenvalue weighted by atomic mass is 10.1. The summed E-state index contributed by atoms with van der Waals surface area (Å²) >= 11 is 0. The molecule has 0 radical (unpaired) electrons. The normalized spacial score (nSPS) is 10.7. The summed E-state index contributed by atoms with van der Waals surface area (Å²) < 4.78 is 15.9. The number of nitrogens with one attached hydrogen (secondary N) is 1. The molecule has 0 fully saturated rings. The Morgan fingerprint density at radius 2 is 1.74 bits per heavy atom. The molecule has 0 spiro atoms. The quantitative estimate of drug-likeness (QED) is 0.574. The molecule has 0 aliphatic rings. The Hall–Kier alpha value is -3.46. The van der Waals surface area contributed by atoms with E-state index in [1.165, 1.54) is 27.4 Å². The number of carbonyl (C=O) groups excluding carboxylic acids is 1. The first kappa shape index (κ1) is 19.9. The molecule has 0 atom stereocenters. The van der Waals surface area contributed by atoms with E-state index in [4.69, 9.17) is 14.2 Å². The Labute approximate surface area is 159 Å². The molecule has 0 bridgehead atoms. The average Bonchev–Trinajstić information content (AvgIpc) is 2.71. The molecule has 0 aliphatic heterocycles. The first-order valence-electron chi connectivity index (χ1n) is 8.37. The van der Waals surface area contributed by atoms with Gasteiger partial charge in [-0.1, -0.05) is 30.3 Å². The van der Waals surface area contributed by atoms with Crippen molar-refractivity contribution in [2.45, 2.75) is 6.42 Å². The van der Waals surface area contributed by atoms with Crippen LogP contribution in [0.1, 0.15) is 11.1 Å². The summed E-state index contributed by atoms with van der Waals surface area (Å²) in [5.41, 5.74) is 1.64. The summed E-state index contributed by atoms with van der Waals surface area (Å²) in [7, 11) is 4.50. The van der Waals surface area contributed by atoms with Gasteiger partial charge in [-0.3, -0.25) is 4.79 Å². The monoisotopic (exact) mass is 366 g/mol. The Kier molecular flexibility index (Phi) is 7.26. The Balaban J connectivity index is 2.17. The highest BCUT2D eigenvalue weighted by Crippen LogP contribution is 2.40. The maximum Gasteiger partial charge on any atom is 0.261 e. The molecule has 0 heterocycles. The van der Waals surface area contributed by atoms with Gasteiger partial charge in [-0.05, 0) is 30.2 Å². The van der Waals surface area contributed by atoms with Gasteiger partial charge in [0.1, 0.15) is 11.6 Å². The summed E-state index contributed by atoms with van der Waals surface area (Å²) in [6.45, 7) is 0.435. The summed E-state index contributed by atoms with van der Waals surface area (Å²) in [5.74, 6) is 0.847. The number of nitrogens with zero attached hydrogens (tertiary/aromatic N) is 1. The van der Waals surface area contributed by atoms with Crippen LogP contribution in [0.25, 0.3) is 6.08 Å². The molecule has 6 heteroatoms. The minimum Gasteiger partial charge on any atom is -0.493 e. The third kappa shape index (κ3) is 5.02. The van der Waals surface area contributed by atoms with Crippen molar-refractivity contribution in [3.05, 3.63) is 59.2 Å². The fourth-order valence-corrected chi connectivity index (χ4v) is 2.60. The molecular weight excluding hydrogens is 344 g/mol. The maximum absolute atomic E-state index is 12.3. The largest absolute Gasteiger partial charge is 0.493 e. The molecule has 1 amide bonds. The van der Waals surface area contributed by atoms with Gasteiger partial charge in [0.15, 0.2) is 11.5 Å². The third-order valence-corrected chi connectivity index (χ3v) is 3.94. The van der Waals surface area contributed by atoms with Crippen LogP contribution >= 0.6 is 0 Å². The summed E-state index contributed by atoms with van der Waals surface area (Å²) in [5, 5.41) is 12.2. The van der Waals surface area contributed by atoms with Crippen molar-refractivity contribution in [3.8, 4) is 23.3 Å². The molecule has 0 aliphatic carbocycles. The van der Waals surface area contributed by atoms with Crippen LogP contribution < -0.4 is 19.5 Å². The van der Waals surface area contributed by atoms with Gasteiger partial charge in [-0.2, -0.15) is 5.26 Å². The van der Waals surface area contributed by atoms with E-state index in [2.05, 4.69) is 5.32 Å². The maximum atomic E-state index is 12.3. The van der Waals surface area contributed by atoms with E-state index in [9.17, 15) is 10.1 Å². The summed E-state index contributed by atoms with van der Waals surface area (Å²) in [4.78, 5) is 12.3. The van der Waals surface area contributed by atoms with Crippen LogP contribution in [0, 0.1) is 11.3 Å². The second kappa shape index (κ2) is 9.88. The zero-order valence-electron chi connectivity index (χ0n) is 15.6. The Bertz CT molecular complexity index is 854. The molecule has 2 rings (SSSR count). The van der Waals surface area contributed by atoms with Gasteiger partial charge in [0.05, 0.1) is 21.3 Å². The standard InChI is InChI=1S/C21H22N2O4/c1-25-18-10-9-16(19(26-2)20(18)27-3)13-17(14-22)21(24)23-12-11-15-7-5-4-6-8-15/h4-10,13H,11-12H2,1-3H3,(H,23,24)/b17-13+. The number of amides is 1. The molecule has 27 heavy (non-hydrogen) atoms. The van der Waals surface area contributed by atoms with E-state index in [-0.39, 0.29) is 5.57 Å². The lowest BCUT2D eigenvalue weighted by Crippen LogP contribution is -2.26. The molecule has 1 N–H and O–H groups in total. The van der Waals surface area contributed by atoms with Crippen molar-refractivity contribution >= 4 is 12.0 Å². The highest BCUT2D eigenvalue weighted by atomic mass is 16.5. The number of carbonyl (C=O) groups is 1. The molecule has 6 nitrogen and oxygen atoms in total. The molecule has 0 aromatic heterocycles. The fourth-order valence-electron chi connectivity index (χ4n) is 2.60. The van der Waals surface area contributed by atoms with Crippen molar-refractivity contribution < 1.29 is 19.0 Å². The third-order valence-electron chi connectivity index (χ3n) is 3.94. The minimum absolute atomic E-state index is 0.0198. The van der Waals surface area contributed by atoms with Crippen molar-refractivity contribution in [3.63, 3.8) is 0 Å². The van der Waals surface area contributed by atoms with Crippen LogP contribution in [0.4, 0.5) is 0 Å². The van der Waals surface area contributed by atoms with Crippen LogP contribution in [0.5, 0.6) is 17.2 Å². The van der Waals surface area contributed by atoms with Crippen LogP contribution in [0.15, 0.2) is 48.0 Å². The Morgan fingerprint density at radius 1 is 1.04 bits per heavy atom. The number of nitriles is 1. The first-order chi connectivity index (χ1) is 13.1. The van der Waals surface area contributed by atoms with E-state index in [0.29, 0.717) is 35.8 Å². The van der Waals surface area contributed by atoms with E-state index >= 15 is 0 Å². The van der Waals surface area contributed by atoms with E-state index in [1.54, 1.807) is 12.1 Å². The van der Waals surface area contributed by atoms with Crippen LogP contribution in [0.2, 0.25) is 0 Å². The minimum atomic E-state index is -0.440. The van der Waals surface area contributed by atoms with Crippen molar-refractivity contribution in [1.82, 2.24) is 5.32 Å². The highest BCUT2D eigenvalue weighted by molar-refractivity contribution is 6.02. The molecule has 0 saturated heterocycles. The SMILES string of the molecule is COc1ccc(/C=C(\C#N)C(=O)NCCc2ccccc2)c(OC)c1OC. The van der Waals surface area contributed by atoms with E-state index < -0.39 is 5.91 Å². The highest BCUT2D eigenvalue weighted by Gasteiger charge is 2.17. The predicted octanol–water partition coefficient (Wildman–Crippen LogP) is 2.98. The van der Waals surface area contributed by atoms with Crippen LogP contribution in [0.3, 0.4) is 0 Å². The second-order valence-electron chi connectivity index (χ2n) is 5.58. The number of ether oxygens (including phenoxy) is 3. The van der Waals surface area contributed by atoms with Gasteiger partial charge >= 0.3 is 0 Å². The van der Waals surface area contributed by atoms with Gasteiger partial charge in [0.25, 0.3) is 5.91 Å². The lowest BCUT2D eigenvalue weighted by Gasteiger charge is -2.14. The number of hydrogen-bond donors (Lipinski definition) is 1. The number of benzene rings is 2.